The lowest BCUT2D eigenvalue weighted by atomic mass is 9.76. The lowest BCUT2D eigenvalue weighted by Gasteiger charge is -2.29. The van der Waals surface area contributed by atoms with Gasteiger partial charge in [-0.05, 0) is 25.7 Å². The molecule has 0 spiro atoms. The Labute approximate surface area is 133 Å². The zero-order valence-corrected chi connectivity index (χ0v) is 14.1. The van der Waals surface area contributed by atoms with Crippen molar-refractivity contribution in [1.29, 1.82) is 0 Å². The zero-order valence-electron chi connectivity index (χ0n) is 14.1. The minimum atomic E-state index is -0.814. The van der Waals surface area contributed by atoms with Gasteiger partial charge in [0.05, 0.1) is 18.4 Å². The summed E-state index contributed by atoms with van der Waals surface area (Å²) in [6.07, 6.45) is 9.25. The number of rotatable bonds is 9. The first-order valence-electron chi connectivity index (χ1n) is 8.55. The molecule has 0 fully saturated rings. The van der Waals surface area contributed by atoms with Gasteiger partial charge in [-0.15, -0.1) is 0 Å². The summed E-state index contributed by atoms with van der Waals surface area (Å²) in [5.41, 5.74) is 0.832. The van der Waals surface area contributed by atoms with Crippen molar-refractivity contribution in [1.82, 2.24) is 0 Å². The number of carbonyl (C=O) groups excluding carboxylic acids is 1. The number of aliphatic carboxylic acids is 1. The molecule has 0 aliphatic heterocycles. The van der Waals surface area contributed by atoms with Gasteiger partial charge >= 0.3 is 11.9 Å². The van der Waals surface area contributed by atoms with E-state index in [1.807, 2.05) is 13.8 Å². The smallest absolute Gasteiger partial charge is 0.313 e. The van der Waals surface area contributed by atoms with Gasteiger partial charge in [-0.25, -0.2) is 0 Å². The van der Waals surface area contributed by atoms with E-state index >= 15 is 0 Å². The lowest BCUT2D eigenvalue weighted by molar-refractivity contribution is -0.150. The quantitative estimate of drug-likeness (QED) is 0.394. The molecule has 0 aromatic heterocycles. The van der Waals surface area contributed by atoms with E-state index in [4.69, 9.17) is 9.84 Å². The lowest BCUT2D eigenvalue weighted by Crippen LogP contribution is -2.31. The van der Waals surface area contributed by atoms with Gasteiger partial charge < -0.3 is 9.84 Å². The van der Waals surface area contributed by atoms with Crippen molar-refractivity contribution >= 4 is 11.9 Å². The number of unbranched alkanes of at least 4 members (excludes halogenated alkanes) is 5. The maximum Gasteiger partial charge on any atom is 0.313 e. The molecule has 0 amide bonds. The van der Waals surface area contributed by atoms with Crippen LogP contribution in [0.15, 0.2) is 11.6 Å². The Kier molecular flexibility index (Phi) is 8.21. The van der Waals surface area contributed by atoms with Gasteiger partial charge in [0.25, 0.3) is 0 Å². The van der Waals surface area contributed by atoms with Gasteiger partial charge in [0.1, 0.15) is 0 Å². The average Bonchev–Trinajstić information content (AvgIpc) is 2.47. The highest BCUT2D eigenvalue weighted by Gasteiger charge is 2.34. The third kappa shape index (κ3) is 5.82. The second kappa shape index (κ2) is 9.65. The van der Waals surface area contributed by atoms with Crippen molar-refractivity contribution in [3.8, 4) is 0 Å². The van der Waals surface area contributed by atoms with Gasteiger partial charge in [0, 0.05) is 0 Å². The second-order valence-corrected chi connectivity index (χ2v) is 6.48. The van der Waals surface area contributed by atoms with Crippen LogP contribution in [0.4, 0.5) is 0 Å². The third-order valence-electron chi connectivity index (χ3n) is 4.52. The molecule has 1 aliphatic carbocycles. The number of carboxylic acid groups (broad SMARTS) is 1. The fourth-order valence-corrected chi connectivity index (χ4v) is 3.02. The van der Waals surface area contributed by atoms with E-state index in [0.29, 0.717) is 13.0 Å². The monoisotopic (exact) mass is 310 g/mol. The summed E-state index contributed by atoms with van der Waals surface area (Å²) in [5, 5.41) is 9.15. The summed E-state index contributed by atoms with van der Waals surface area (Å²) < 4.78 is 5.38. The number of ether oxygens (including phenoxy) is 1. The van der Waals surface area contributed by atoms with Crippen LogP contribution in [-0.4, -0.2) is 23.7 Å². The molecule has 0 bridgehead atoms. The number of carboxylic acids is 1. The molecule has 4 nitrogen and oxygen atoms in total. The van der Waals surface area contributed by atoms with Crippen molar-refractivity contribution in [3.63, 3.8) is 0 Å². The first-order chi connectivity index (χ1) is 10.5. The number of carbonyl (C=O) groups is 2. The normalized spacial score (nSPS) is 24.7. The summed E-state index contributed by atoms with van der Waals surface area (Å²) in [4.78, 5) is 23.3. The van der Waals surface area contributed by atoms with Crippen LogP contribution in [0.25, 0.3) is 0 Å². The Balaban J connectivity index is 2.34. The number of hydrogen-bond donors (Lipinski definition) is 1. The molecule has 126 valence electrons. The van der Waals surface area contributed by atoms with Crippen LogP contribution < -0.4 is 0 Å². The summed E-state index contributed by atoms with van der Waals surface area (Å²) >= 11 is 0. The topological polar surface area (TPSA) is 63.6 Å². The molecule has 0 radical (unpaired) electrons. The SMILES string of the molecule is CCCCCCCCOC(=O)C1CC(C)C(C(=O)O)C=C1C. The number of hydrogen-bond acceptors (Lipinski definition) is 3. The van der Waals surface area contributed by atoms with Crippen LogP contribution in [0, 0.1) is 17.8 Å². The van der Waals surface area contributed by atoms with Crippen LogP contribution in [0.1, 0.15) is 65.7 Å². The molecule has 0 heterocycles. The molecule has 22 heavy (non-hydrogen) atoms. The van der Waals surface area contributed by atoms with Gasteiger partial charge in [0.2, 0.25) is 0 Å². The predicted molar refractivity (Wildman–Crippen MR) is 86.5 cm³/mol. The summed E-state index contributed by atoms with van der Waals surface area (Å²) in [6.45, 7) is 6.39. The molecular formula is C18H30O4. The molecule has 4 heteroatoms. The summed E-state index contributed by atoms with van der Waals surface area (Å²) in [6, 6.07) is 0. The third-order valence-corrected chi connectivity index (χ3v) is 4.52. The van der Waals surface area contributed by atoms with Crippen molar-refractivity contribution in [2.45, 2.75) is 65.7 Å². The van der Waals surface area contributed by atoms with E-state index in [-0.39, 0.29) is 17.8 Å². The minimum Gasteiger partial charge on any atom is -0.481 e. The Hall–Kier alpha value is -1.32. The average molecular weight is 310 g/mol. The van der Waals surface area contributed by atoms with Crippen LogP contribution >= 0.6 is 0 Å². The van der Waals surface area contributed by atoms with E-state index < -0.39 is 11.9 Å². The predicted octanol–water partition coefficient (Wildman–Crippen LogP) is 4.19. The largest absolute Gasteiger partial charge is 0.481 e. The maximum atomic E-state index is 12.2. The van der Waals surface area contributed by atoms with Crippen LogP contribution in [0.2, 0.25) is 0 Å². The molecule has 3 unspecified atom stereocenters. The van der Waals surface area contributed by atoms with Gasteiger partial charge in [-0.1, -0.05) is 57.6 Å². The van der Waals surface area contributed by atoms with E-state index in [2.05, 4.69) is 6.92 Å². The standard InChI is InChI=1S/C18H30O4/c1-4-5-6-7-8-9-10-22-18(21)16-12-13(2)15(17(19)20)11-14(16)3/h11,13,15-16H,4-10,12H2,1-3H3,(H,19,20). The summed E-state index contributed by atoms with van der Waals surface area (Å²) in [7, 11) is 0. The summed E-state index contributed by atoms with van der Waals surface area (Å²) in [5.74, 6) is -1.80. The maximum absolute atomic E-state index is 12.2. The zero-order chi connectivity index (χ0) is 16.5. The molecule has 0 saturated heterocycles. The Bertz CT molecular complexity index is 400. The Morgan fingerprint density at radius 2 is 1.86 bits per heavy atom. The van der Waals surface area contributed by atoms with Crippen LogP contribution in [-0.2, 0) is 14.3 Å². The van der Waals surface area contributed by atoms with E-state index in [9.17, 15) is 9.59 Å². The van der Waals surface area contributed by atoms with E-state index in [0.717, 1.165) is 18.4 Å². The molecule has 0 saturated carbocycles. The van der Waals surface area contributed by atoms with Crippen LogP contribution in [0.5, 0.6) is 0 Å². The first-order valence-corrected chi connectivity index (χ1v) is 8.55. The molecule has 1 rings (SSSR count). The van der Waals surface area contributed by atoms with Crippen molar-refractivity contribution in [3.05, 3.63) is 11.6 Å². The van der Waals surface area contributed by atoms with Gasteiger partial charge in [0.15, 0.2) is 0 Å². The molecule has 0 aromatic carbocycles. The van der Waals surface area contributed by atoms with E-state index in [1.165, 1.54) is 25.7 Å². The van der Waals surface area contributed by atoms with Gasteiger partial charge in [-0.2, -0.15) is 0 Å². The van der Waals surface area contributed by atoms with Crippen LogP contribution in [0.3, 0.4) is 0 Å². The van der Waals surface area contributed by atoms with Gasteiger partial charge in [-0.3, -0.25) is 9.59 Å². The minimum absolute atomic E-state index is 0.0345. The van der Waals surface area contributed by atoms with Crippen molar-refractivity contribution < 1.29 is 19.4 Å². The Morgan fingerprint density at radius 3 is 2.50 bits per heavy atom. The highest BCUT2D eigenvalue weighted by molar-refractivity contribution is 5.78. The molecule has 1 N–H and O–H groups in total. The van der Waals surface area contributed by atoms with Crippen molar-refractivity contribution in [2.24, 2.45) is 17.8 Å². The molecule has 0 aromatic rings. The van der Waals surface area contributed by atoms with E-state index in [1.54, 1.807) is 6.08 Å². The fraction of sp³-hybridized carbons (Fsp3) is 0.778. The molecule has 3 atom stereocenters. The molecule has 1 aliphatic rings. The molecular weight excluding hydrogens is 280 g/mol. The first kappa shape index (κ1) is 18.7. The Morgan fingerprint density at radius 1 is 1.23 bits per heavy atom. The highest BCUT2D eigenvalue weighted by atomic mass is 16.5. The van der Waals surface area contributed by atoms with Crippen molar-refractivity contribution in [2.75, 3.05) is 6.61 Å². The second-order valence-electron chi connectivity index (χ2n) is 6.48. The highest BCUT2D eigenvalue weighted by Crippen LogP contribution is 2.33. The fourth-order valence-electron chi connectivity index (χ4n) is 3.02. The number of esters is 1.